The van der Waals surface area contributed by atoms with Gasteiger partial charge in [-0.05, 0) is 52.3 Å². The number of hydrogen-bond acceptors (Lipinski definition) is 4. The van der Waals surface area contributed by atoms with E-state index >= 15 is 0 Å². The Morgan fingerprint density at radius 2 is 2.14 bits per heavy atom. The summed E-state index contributed by atoms with van der Waals surface area (Å²) in [7, 11) is 2.14. The van der Waals surface area contributed by atoms with E-state index in [1.807, 2.05) is 6.92 Å². The van der Waals surface area contributed by atoms with Gasteiger partial charge in [-0.2, -0.15) is 8.78 Å². The summed E-state index contributed by atoms with van der Waals surface area (Å²) >= 11 is 0. The van der Waals surface area contributed by atoms with Gasteiger partial charge in [0.2, 0.25) is 0 Å². The number of benzene rings is 1. The van der Waals surface area contributed by atoms with E-state index in [0.717, 1.165) is 26.2 Å². The zero-order valence-corrected chi connectivity index (χ0v) is 17.0. The van der Waals surface area contributed by atoms with E-state index in [1.54, 1.807) is 25.1 Å². The van der Waals surface area contributed by atoms with Gasteiger partial charge in [0, 0.05) is 25.2 Å². The third-order valence-corrected chi connectivity index (χ3v) is 4.60. The van der Waals surface area contributed by atoms with Gasteiger partial charge in [-0.25, -0.2) is 4.99 Å². The maximum Gasteiger partial charge on any atom is 0.387 e. The fourth-order valence-corrected chi connectivity index (χ4v) is 3.36. The number of piperidine rings is 1. The predicted molar refractivity (Wildman–Crippen MR) is 107 cm³/mol. The van der Waals surface area contributed by atoms with E-state index in [2.05, 4.69) is 27.6 Å². The number of guanidine groups is 1. The number of nitrogens with zero attached hydrogens (tertiary/aromatic N) is 2. The van der Waals surface area contributed by atoms with Crippen LogP contribution < -0.4 is 20.1 Å². The second-order valence-corrected chi connectivity index (χ2v) is 6.90. The molecule has 6 nitrogen and oxygen atoms in total. The van der Waals surface area contributed by atoms with E-state index < -0.39 is 6.61 Å². The third-order valence-electron chi connectivity index (χ3n) is 4.60. The molecule has 0 spiro atoms. The number of nitrogens with one attached hydrogen (secondary N) is 2. The van der Waals surface area contributed by atoms with Gasteiger partial charge in [-0.15, -0.1) is 0 Å². The fraction of sp³-hybridized carbons (Fsp3) is 0.650. The van der Waals surface area contributed by atoms with Crippen molar-refractivity contribution in [2.45, 2.75) is 39.8 Å². The molecule has 2 rings (SSSR count). The van der Waals surface area contributed by atoms with Crippen LogP contribution in [0.5, 0.6) is 11.5 Å². The normalized spacial score (nSPS) is 18.2. The first-order valence-electron chi connectivity index (χ1n) is 9.93. The molecule has 0 aromatic heterocycles. The van der Waals surface area contributed by atoms with Gasteiger partial charge in [-0.1, -0.05) is 12.1 Å². The molecule has 1 atom stereocenters. The molecule has 0 aliphatic carbocycles. The van der Waals surface area contributed by atoms with Crippen molar-refractivity contribution in [3.8, 4) is 11.5 Å². The van der Waals surface area contributed by atoms with Crippen LogP contribution in [0.3, 0.4) is 0 Å². The van der Waals surface area contributed by atoms with Crippen LogP contribution >= 0.6 is 0 Å². The number of ether oxygens (including phenoxy) is 2. The van der Waals surface area contributed by atoms with Crippen LogP contribution in [0.1, 0.15) is 32.3 Å². The summed E-state index contributed by atoms with van der Waals surface area (Å²) in [4.78, 5) is 6.90. The highest BCUT2D eigenvalue weighted by molar-refractivity contribution is 5.79. The van der Waals surface area contributed by atoms with E-state index in [1.165, 1.54) is 12.8 Å². The molecule has 158 valence electrons. The Bertz CT molecular complexity index is 628. The predicted octanol–water partition coefficient (Wildman–Crippen LogP) is 3.08. The number of halogens is 2. The fourth-order valence-electron chi connectivity index (χ4n) is 3.36. The maximum atomic E-state index is 12.9. The van der Waals surface area contributed by atoms with Crippen LogP contribution in [0, 0.1) is 5.92 Å². The summed E-state index contributed by atoms with van der Waals surface area (Å²) in [5.41, 5.74) is 0.556. The zero-order chi connectivity index (χ0) is 20.4. The molecule has 0 bridgehead atoms. The number of alkyl halides is 2. The Labute approximate surface area is 166 Å². The lowest BCUT2D eigenvalue weighted by molar-refractivity contribution is -0.0520. The van der Waals surface area contributed by atoms with Crippen LogP contribution in [-0.2, 0) is 6.54 Å². The zero-order valence-electron chi connectivity index (χ0n) is 17.0. The second kappa shape index (κ2) is 11.7. The molecule has 1 aromatic rings. The van der Waals surface area contributed by atoms with Crippen molar-refractivity contribution >= 4 is 5.96 Å². The standard InChI is InChI=1S/C20H32F2N4O2/c1-4-23-20(24-12-15-8-7-11-26(3)14-15)25-13-16-9-6-10-17(27-5-2)18(16)28-19(21)22/h6,9-10,15,19H,4-5,7-8,11-14H2,1-3H3,(H2,23,24,25). The Morgan fingerprint density at radius 3 is 2.82 bits per heavy atom. The van der Waals surface area contributed by atoms with Crippen molar-refractivity contribution in [1.29, 1.82) is 0 Å². The third kappa shape index (κ3) is 7.14. The molecular formula is C20H32F2N4O2. The summed E-state index contributed by atoms with van der Waals surface area (Å²) in [5, 5.41) is 6.58. The highest BCUT2D eigenvalue weighted by atomic mass is 19.3. The Balaban J connectivity index is 2.07. The van der Waals surface area contributed by atoms with Crippen LogP contribution in [0.15, 0.2) is 23.2 Å². The van der Waals surface area contributed by atoms with Crippen molar-refractivity contribution in [2.24, 2.45) is 10.9 Å². The summed E-state index contributed by atoms with van der Waals surface area (Å²) in [6, 6.07) is 5.10. The van der Waals surface area contributed by atoms with Crippen molar-refractivity contribution < 1.29 is 18.3 Å². The highest BCUT2D eigenvalue weighted by Crippen LogP contribution is 2.33. The van der Waals surface area contributed by atoms with Crippen molar-refractivity contribution in [3.05, 3.63) is 23.8 Å². The van der Waals surface area contributed by atoms with Gasteiger partial charge in [0.05, 0.1) is 13.2 Å². The van der Waals surface area contributed by atoms with Gasteiger partial charge in [0.25, 0.3) is 0 Å². The van der Waals surface area contributed by atoms with E-state index in [-0.39, 0.29) is 12.3 Å². The lowest BCUT2D eigenvalue weighted by atomic mass is 9.99. The van der Waals surface area contributed by atoms with Gasteiger partial charge < -0.3 is 25.0 Å². The molecule has 1 heterocycles. The smallest absolute Gasteiger partial charge is 0.387 e. The first-order valence-corrected chi connectivity index (χ1v) is 9.93. The molecule has 1 aliphatic rings. The van der Waals surface area contributed by atoms with E-state index in [0.29, 0.717) is 29.8 Å². The van der Waals surface area contributed by atoms with Gasteiger partial charge >= 0.3 is 6.61 Å². The minimum absolute atomic E-state index is 0.0489. The number of aliphatic imine (C=N–C) groups is 1. The van der Waals surface area contributed by atoms with Crippen LogP contribution in [0.4, 0.5) is 8.78 Å². The maximum absolute atomic E-state index is 12.9. The van der Waals surface area contributed by atoms with Crippen LogP contribution in [-0.4, -0.2) is 57.3 Å². The molecule has 0 radical (unpaired) electrons. The molecule has 28 heavy (non-hydrogen) atoms. The topological polar surface area (TPSA) is 58.1 Å². The largest absolute Gasteiger partial charge is 0.490 e. The average molecular weight is 398 g/mol. The monoisotopic (exact) mass is 398 g/mol. The molecule has 0 saturated carbocycles. The number of rotatable bonds is 9. The van der Waals surface area contributed by atoms with Crippen molar-refractivity contribution in [2.75, 3.05) is 39.8 Å². The minimum Gasteiger partial charge on any atom is -0.490 e. The first kappa shape index (κ1) is 22.2. The molecule has 1 saturated heterocycles. The molecule has 1 fully saturated rings. The van der Waals surface area contributed by atoms with Crippen LogP contribution in [0.2, 0.25) is 0 Å². The van der Waals surface area contributed by atoms with Crippen LogP contribution in [0.25, 0.3) is 0 Å². The molecule has 2 N–H and O–H groups in total. The molecule has 0 amide bonds. The average Bonchev–Trinajstić information content (AvgIpc) is 2.66. The Kier molecular flexibility index (Phi) is 9.27. The van der Waals surface area contributed by atoms with Gasteiger partial charge in [0.1, 0.15) is 0 Å². The number of hydrogen-bond donors (Lipinski definition) is 2. The Hall–Kier alpha value is -2.09. The summed E-state index contributed by atoms with van der Waals surface area (Å²) in [5.74, 6) is 1.59. The summed E-state index contributed by atoms with van der Waals surface area (Å²) in [6.45, 7) is 5.21. The van der Waals surface area contributed by atoms with Crippen molar-refractivity contribution in [1.82, 2.24) is 15.5 Å². The molecular weight excluding hydrogens is 366 g/mol. The Morgan fingerprint density at radius 1 is 1.32 bits per heavy atom. The SMILES string of the molecule is CCNC(=NCc1cccc(OCC)c1OC(F)F)NCC1CCCN(C)C1. The second-order valence-electron chi connectivity index (χ2n) is 6.90. The molecule has 1 unspecified atom stereocenters. The molecule has 1 aliphatic heterocycles. The molecule has 1 aromatic carbocycles. The van der Waals surface area contributed by atoms with Gasteiger partial charge in [0.15, 0.2) is 17.5 Å². The van der Waals surface area contributed by atoms with E-state index in [9.17, 15) is 8.78 Å². The van der Waals surface area contributed by atoms with Crippen molar-refractivity contribution in [3.63, 3.8) is 0 Å². The highest BCUT2D eigenvalue weighted by Gasteiger charge is 2.18. The molecule has 8 heteroatoms. The quantitative estimate of drug-likeness (QED) is 0.495. The van der Waals surface area contributed by atoms with Gasteiger partial charge in [-0.3, -0.25) is 0 Å². The lowest BCUT2D eigenvalue weighted by Crippen LogP contribution is -2.43. The number of likely N-dealkylation sites (tertiary alicyclic amines) is 1. The number of para-hydroxylation sites is 1. The van der Waals surface area contributed by atoms with E-state index in [4.69, 9.17) is 9.47 Å². The first-order chi connectivity index (χ1) is 13.5. The summed E-state index contributed by atoms with van der Waals surface area (Å²) in [6.07, 6.45) is 2.40. The lowest BCUT2D eigenvalue weighted by Gasteiger charge is -2.30. The minimum atomic E-state index is -2.92. The summed E-state index contributed by atoms with van der Waals surface area (Å²) < 4.78 is 35.9.